The lowest BCUT2D eigenvalue weighted by atomic mass is 10.3. The summed E-state index contributed by atoms with van der Waals surface area (Å²) in [6, 6.07) is 3.56. The third-order valence-electron chi connectivity index (χ3n) is 1.19. The van der Waals surface area contributed by atoms with E-state index in [1.807, 2.05) is 0 Å². The van der Waals surface area contributed by atoms with E-state index in [2.05, 4.69) is 9.97 Å². The minimum absolute atomic E-state index is 0.130. The molecule has 0 saturated carbocycles. The standard InChI is InChI=1S/C7H6N2/c1-2-6-3-5-9-7(6)8-4-1/h1-5H,(H,8,9)/i2D,4D. The van der Waals surface area contributed by atoms with Crippen molar-refractivity contribution in [3.05, 3.63) is 30.5 Å². The van der Waals surface area contributed by atoms with Gasteiger partial charge in [0.25, 0.3) is 0 Å². The predicted octanol–water partition coefficient (Wildman–Crippen LogP) is 1.56. The number of aromatic amines is 1. The highest BCUT2D eigenvalue weighted by Gasteiger charge is 1.88. The molecule has 0 aliphatic heterocycles. The molecule has 0 fully saturated rings. The molecular weight excluding hydrogens is 112 g/mol. The zero-order valence-corrected chi connectivity index (χ0v) is 4.68. The van der Waals surface area contributed by atoms with Crippen molar-refractivity contribution in [1.29, 1.82) is 0 Å². The molecule has 0 aromatic carbocycles. The van der Waals surface area contributed by atoms with E-state index >= 15 is 0 Å². The Bertz CT molecular complexity index is 394. The monoisotopic (exact) mass is 120 g/mol. The van der Waals surface area contributed by atoms with Gasteiger partial charge in [-0.15, -0.1) is 0 Å². The Morgan fingerprint density at radius 2 is 2.67 bits per heavy atom. The van der Waals surface area contributed by atoms with Gasteiger partial charge in [0.05, 0.1) is 2.74 Å². The van der Waals surface area contributed by atoms with Crippen molar-refractivity contribution in [2.24, 2.45) is 0 Å². The molecule has 2 nitrogen and oxygen atoms in total. The second-order valence-electron chi connectivity index (χ2n) is 1.77. The second kappa shape index (κ2) is 1.58. The first-order chi connectivity index (χ1) is 5.27. The van der Waals surface area contributed by atoms with Gasteiger partial charge < -0.3 is 4.98 Å². The number of nitrogens with one attached hydrogen (secondary N) is 1. The number of H-pyrrole nitrogens is 1. The first kappa shape index (κ1) is 3.01. The molecule has 0 atom stereocenters. The summed E-state index contributed by atoms with van der Waals surface area (Å²) in [7, 11) is 0. The summed E-state index contributed by atoms with van der Waals surface area (Å²) in [4.78, 5) is 6.74. The summed E-state index contributed by atoms with van der Waals surface area (Å²) in [5.74, 6) is 0. The van der Waals surface area contributed by atoms with E-state index in [1.54, 1.807) is 12.3 Å². The lowest BCUT2D eigenvalue weighted by Gasteiger charge is -1.82. The van der Waals surface area contributed by atoms with Gasteiger partial charge in [-0.3, -0.25) is 0 Å². The second-order valence-corrected chi connectivity index (χ2v) is 1.77. The Balaban J connectivity index is 2.91. The number of aromatic nitrogens is 2. The smallest absolute Gasteiger partial charge is 0.137 e. The van der Waals surface area contributed by atoms with E-state index in [9.17, 15) is 0 Å². The van der Waals surface area contributed by atoms with Crippen LogP contribution in [0.3, 0.4) is 0 Å². The number of rotatable bonds is 0. The van der Waals surface area contributed by atoms with Gasteiger partial charge in [0.1, 0.15) is 5.65 Å². The lowest BCUT2D eigenvalue weighted by molar-refractivity contribution is 1.33. The topological polar surface area (TPSA) is 28.7 Å². The molecule has 2 heteroatoms. The maximum Gasteiger partial charge on any atom is 0.137 e. The summed E-state index contributed by atoms with van der Waals surface area (Å²) in [6.45, 7) is 0. The van der Waals surface area contributed by atoms with Crippen LogP contribution in [0, 0.1) is 0 Å². The fraction of sp³-hybridized carbons (Fsp3) is 0. The van der Waals surface area contributed by atoms with Crippen molar-refractivity contribution < 1.29 is 2.74 Å². The molecule has 1 N–H and O–H groups in total. The van der Waals surface area contributed by atoms with Crippen LogP contribution in [0.5, 0.6) is 0 Å². The summed E-state index contributed by atoms with van der Waals surface area (Å²) in [6.07, 6.45) is 1.85. The minimum atomic E-state index is 0.130. The largest absolute Gasteiger partial charge is 0.346 e. The highest BCUT2D eigenvalue weighted by Crippen LogP contribution is 2.05. The molecule has 0 aliphatic carbocycles. The van der Waals surface area contributed by atoms with Crippen molar-refractivity contribution in [3.63, 3.8) is 0 Å². The lowest BCUT2D eigenvalue weighted by Crippen LogP contribution is -1.70. The van der Waals surface area contributed by atoms with Gasteiger partial charge in [-0.1, -0.05) is 0 Å². The molecule has 0 saturated heterocycles. The molecule has 2 heterocycles. The first-order valence-corrected chi connectivity index (χ1v) is 2.69. The SMILES string of the molecule is [2H]c1cc([2H])c2cc[nH]c2n1. The van der Waals surface area contributed by atoms with E-state index in [0.29, 0.717) is 11.7 Å². The van der Waals surface area contributed by atoms with Crippen molar-refractivity contribution >= 4 is 11.0 Å². The van der Waals surface area contributed by atoms with Gasteiger partial charge in [-0.05, 0) is 18.2 Å². The first-order valence-electron chi connectivity index (χ1n) is 3.69. The van der Waals surface area contributed by atoms with Crippen LogP contribution in [-0.2, 0) is 0 Å². The van der Waals surface area contributed by atoms with Gasteiger partial charge in [-0.25, -0.2) is 4.98 Å². The van der Waals surface area contributed by atoms with Gasteiger partial charge in [0.2, 0.25) is 0 Å². The summed E-state index contributed by atoms with van der Waals surface area (Å²) in [5, 5.41) is 0.765. The van der Waals surface area contributed by atoms with Crippen molar-refractivity contribution in [1.82, 2.24) is 9.97 Å². The zero-order chi connectivity index (χ0) is 7.84. The van der Waals surface area contributed by atoms with Crippen molar-refractivity contribution in [2.45, 2.75) is 0 Å². The third kappa shape index (κ3) is 0.598. The van der Waals surface area contributed by atoms with Crippen LogP contribution in [0.2, 0.25) is 0 Å². The number of pyridine rings is 1. The molecule has 2 rings (SSSR count). The van der Waals surface area contributed by atoms with Crippen LogP contribution in [0.15, 0.2) is 30.5 Å². The van der Waals surface area contributed by atoms with Gasteiger partial charge in [0, 0.05) is 17.8 Å². The van der Waals surface area contributed by atoms with Crippen LogP contribution in [0.4, 0.5) is 0 Å². The van der Waals surface area contributed by atoms with Crippen molar-refractivity contribution in [2.75, 3.05) is 0 Å². The van der Waals surface area contributed by atoms with Crippen LogP contribution in [-0.4, -0.2) is 9.97 Å². The molecule has 2 aromatic rings. The van der Waals surface area contributed by atoms with E-state index in [0.717, 1.165) is 5.39 Å². The maximum absolute atomic E-state index is 7.44. The molecule has 0 aliphatic rings. The number of fused-ring (bicyclic) bond motifs is 1. The molecule has 0 spiro atoms. The summed E-state index contributed by atoms with van der Waals surface area (Å²) in [5.41, 5.74) is 0.613. The Morgan fingerprint density at radius 3 is 3.67 bits per heavy atom. The molecule has 44 valence electrons. The van der Waals surface area contributed by atoms with E-state index in [1.165, 1.54) is 6.07 Å². The van der Waals surface area contributed by atoms with Crippen LogP contribution >= 0.6 is 0 Å². The van der Waals surface area contributed by atoms with Gasteiger partial charge >= 0.3 is 0 Å². The number of hydrogen-bond donors (Lipinski definition) is 1. The number of hydrogen-bond acceptors (Lipinski definition) is 1. The molecule has 0 radical (unpaired) electrons. The van der Waals surface area contributed by atoms with Crippen LogP contribution in [0.1, 0.15) is 2.74 Å². The molecule has 0 bridgehead atoms. The van der Waals surface area contributed by atoms with Gasteiger partial charge in [0.15, 0.2) is 0 Å². The Kier molecular flexibility index (Phi) is 0.530. The van der Waals surface area contributed by atoms with E-state index in [-0.39, 0.29) is 6.17 Å². The molecular formula is C7H6N2. The van der Waals surface area contributed by atoms with Crippen molar-refractivity contribution in [3.8, 4) is 0 Å². The van der Waals surface area contributed by atoms with Crippen LogP contribution < -0.4 is 0 Å². The molecule has 0 amide bonds. The van der Waals surface area contributed by atoms with E-state index in [4.69, 9.17) is 2.74 Å². The average Bonchev–Trinajstić information content (AvgIpc) is 2.34. The highest BCUT2D eigenvalue weighted by atomic mass is 14.8. The fourth-order valence-electron chi connectivity index (χ4n) is 0.776. The fourth-order valence-corrected chi connectivity index (χ4v) is 0.776. The zero-order valence-electron chi connectivity index (χ0n) is 6.68. The molecule has 0 unspecified atom stereocenters. The summed E-state index contributed by atoms with van der Waals surface area (Å²) < 4.78 is 14.6. The van der Waals surface area contributed by atoms with Crippen LogP contribution in [0.25, 0.3) is 11.0 Å². The Labute approximate surface area is 55.4 Å². The highest BCUT2D eigenvalue weighted by molar-refractivity contribution is 5.74. The quantitative estimate of drug-likeness (QED) is 0.561. The Hall–Kier alpha value is -1.31. The maximum atomic E-state index is 7.44. The normalized spacial score (nSPS) is 13.3. The van der Waals surface area contributed by atoms with E-state index < -0.39 is 0 Å². The summed E-state index contributed by atoms with van der Waals surface area (Å²) >= 11 is 0. The molecule has 2 aromatic heterocycles. The predicted molar refractivity (Wildman–Crippen MR) is 36.1 cm³/mol. The number of nitrogens with zero attached hydrogens (tertiary/aromatic N) is 1. The average molecular weight is 120 g/mol. The minimum Gasteiger partial charge on any atom is -0.346 e. The molecule has 9 heavy (non-hydrogen) atoms. The van der Waals surface area contributed by atoms with Gasteiger partial charge in [-0.2, -0.15) is 0 Å². The third-order valence-corrected chi connectivity index (χ3v) is 1.19. The Morgan fingerprint density at radius 1 is 1.67 bits per heavy atom.